The van der Waals surface area contributed by atoms with Gasteiger partial charge in [-0.25, -0.2) is 18.6 Å². The predicted octanol–water partition coefficient (Wildman–Crippen LogP) is 2.09. The third-order valence-electron chi connectivity index (χ3n) is 2.09. The van der Waals surface area contributed by atoms with Gasteiger partial charge in [0.25, 0.3) is 6.43 Å². The second kappa shape index (κ2) is 4.87. The summed E-state index contributed by atoms with van der Waals surface area (Å²) in [4.78, 5) is 15.1. The SMILES string of the molecule is CCOC(=O)c1ncc(N)c(C(F)F)c1C. The Morgan fingerprint density at radius 3 is 2.75 bits per heavy atom. The molecule has 0 aromatic carbocycles. The molecule has 6 heteroatoms. The number of nitrogens with two attached hydrogens (primary N) is 1. The number of alkyl halides is 2. The van der Waals surface area contributed by atoms with Gasteiger partial charge in [-0.15, -0.1) is 0 Å². The number of nitrogens with zero attached hydrogens (tertiary/aromatic N) is 1. The molecule has 0 aliphatic carbocycles. The van der Waals surface area contributed by atoms with Crippen molar-refractivity contribution in [3.05, 3.63) is 23.0 Å². The minimum Gasteiger partial charge on any atom is -0.461 e. The second-order valence-corrected chi connectivity index (χ2v) is 3.12. The Balaban J connectivity index is 3.23. The van der Waals surface area contributed by atoms with Crippen molar-refractivity contribution >= 4 is 11.7 Å². The van der Waals surface area contributed by atoms with Gasteiger partial charge in [0.05, 0.1) is 18.5 Å². The molecule has 16 heavy (non-hydrogen) atoms. The lowest BCUT2D eigenvalue weighted by Gasteiger charge is -2.11. The van der Waals surface area contributed by atoms with Crippen molar-refractivity contribution in [2.75, 3.05) is 12.3 Å². The minimum atomic E-state index is -2.74. The Morgan fingerprint density at radius 1 is 1.62 bits per heavy atom. The molecule has 0 unspecified atom stereocenters. The zero-order valence-corrected chi connectivity index (χ0v) is 8.96. The highest BCUT2D eigenvalue weighted by molar-refractivity contribution is 5.89. The Labute approximate surface area is 91.4 Å². The number of esters is 1. The van der Waals surface area contributed by atoms with Gasteiger partial charge in [0, 0.05) is 5.56 Å². The van der Waals surface area contributed by atoms with Gasteiger partial charge < -0.3 is 10.5 Å². The van der Waals surface area contributed by atoms with E-state index in [9.17, 15) is 13.6 Å². The number of aromatic nitrogens is 1. The molecule has 0 aliphatic heterocycles. The molecule has 0 amide bonds. The summed E-state index contributed by atoms with van der Waals surface area (Å²) in [5, 5.41) is 0. The van der Waals surface area contributed by atoms with E-state index < -0.39 is 12.4 Å². The molecule has 0 aliphatic rings. The molecule has 0 saturated carbocycles. The lowest BCUT2D eigenvalue weighted by atomic mass is 10.1. The monoisotopic (exact) mass is 230 g/mol. The van der Waals surface area contributed by atoms with E-state index in [2.05, 4.69) is 4.98 Å². The molecule has 0 bridgehead atoms. The maximum absolute atomic E-state index is 12.7. The number of anilines is 1. The maximum Gasteiger partial charge on any atom is 0.357 e. The second-order valence-electron chi connectivity index (χ2n) is 3.12. The first kappa shape index (κ1) is 12.4. The van der Waals surface area contributed by atoms with Crippen LogP contribution in [0, 0.1) is 6.92 Å². The molecule has 0 atom stereocenters. The van der Waals surface area contributed by atoms with E-state index in [0.717, 1.165) is 6.20 Å². The van der Waals surface area contributed by atoms with Crippen molar-refractivity contribution in [1.29, 1.82) is 0 Å². The standard InChI is InChI=1S/C10H12F2N2O2/c1-3-16-10(15)8-5(2)7(9(11)12)6(13)4-14-8/h4,9H,3,13H2,1-2H3. The Hall–Kier alpha value is -1.72. The number of ether oxygens (including phenoxy) is 1. The van der Waals surface area contributed by atoms with Crippen LogP contribution in [0.15, 0.2) is 6.20 Å². The van der Waals surface area contributed by atoms with Crippen LogP contribution in [0.25, 0.3) is 0 Å². The summed E-state index contributed by atoms with van der Waals surface area (Å²) in [7, 11) is 0. The van der Waals surface area contributed by atoms with Gasteiger partial charge in [-0.3, -0.25) is 0 Å². The summed E-state index contributed by atoms with van der Waals surface area (Å²) in [6.07, 6.45) is -1.70. The minimum absolute atomic E-state index is 0.0634. The number of nitrogen functional groups attached to an aromatic ring is 1. The molecular formula is C10H12F2N2O2. The van der Waals surface area contributed by atoms with Crippen LogP contribution in [0.5, 0.6) is 0 Å². The number of carbonyl (C=O) groups is 1. The van der Waals surface area contributed by atoms with Gasteiger partial charge in [-0.2, -0.15) is 0 Å². The van der Waals surface area contributed by atoms with Crippen molar-refractivity contribution in [2.24, 2.45) is 0 Å². The van der Waals surface area contributed by atoms with Crippen LogP contribution >= 0.6 is 0 Å². The summed E-state index contributed by atoms with van der Waals surface area (Å²) < 4.78 is 30.0. The third-order valence-corrected chi connectivity index (χ3v) is 2.09. The van der Waals surface area contributed by atoms with Crippen LogP contribution in [-0.4, -0.2) is 17.6 Å². The quantitative estimate of drug-likeness (QED) is 0.807. The zero-order chi connectivity index (χ0) is 12.3. The fourth-order valence-electron chi connectivity index (χ4n) is 1.34. The number of halogens is 2. The summed E-state index contributed by atoms with van der Waals surface area (Å²) >= 11 is 0. The Kier molecular flexibility index (Phi) is 3.76. The van der Waals surface area contributed by atoms with Crippen LogP contribution < -0.4 is 5.73 Å². The lowest BCUT2D eigenvalue weighted by molar-refractivity contribution is 0.0518. The van der Waals surface area contributed by atoms with Crippen LogP contribution in [0.4, 0.5) is 14.5 Å². The van der Waals surface area contributed by atoms with Gasteiger partial charge in [-0.05, 0) is 19.4 Å². The summed E-state index contributed by atoms with van der Waals surface area (Å²) in [5.41, 5.74) is 4.83. The summed E-state index contributed by atoms with van der Waals surface area (Å²) in [5.74, 6) is -0.720. The zero-order valence-electron chi connectivity index (χ0n) is 8.96. The molecule has 1 aromatic heterocycles. The highest BCUT2D eigenvalue weighted by Gasteiger charge is 2.21. The average molecular weight is 230 g/mol. The summed E-state index contributed by atoms with van der Waals surface area (Å²) in [6.45, 7) is 3.16. The molecule has 0 spiro atoms. The number of hydrogen-bond donors (Lipinski definition) is 1. The van der Waals surface area contributed by atoms with Gasteiger partial charge >= 0.3 is 5.97 Å². The van der Waals surface area contributed by atoms with Crippen molar-refractivity contribution in [2.45, 2.75) is 20.3 Å². The molecule has 1 heterocycles. The van der Waals surface area contributed by atoms with Crippen LogP contribution in [0.3, 0.4) is 0 Å². The van der Waals surface area contributed by atoms with E-state index in [-0.39, 0.29) is 29.1 Å². The number of hydrogen-bond acceptors (Lipinski definition) is 4. The van der Waals surface area contributed by atoms with Gasteiger partial charge in [-0.1, -0.05) is 0 Å². The van der Waals surface area contributed by atoms with Crippen LogP contribution in [0.1, 0.15) is 35.0 Å². The number of carbonyl (C=O) groups excluding carboxylic acids is 1. The average Bonchev–Trinajstić information content (AvgIpc) is 2.17. The first-order chi connectivity index (χ1) is 7.49. The normalized spacial score (nSPS) is 10.6. The van der Waals surface area contributed by atoms with E-state index in [1.165, 1.54) is 6.92 Å². The van der Waals surface area contributed by atoms with Crippen molar-refractivity contribution < 1.29 is 18.3 Å². The third kappa shape index (κ3) is 2.26. The van der Waals surface area contributed by atoms with Gasteiger partial charge in [0.2, 0.25) is 0 Å². The van der Waals surface area contributed by atoms with E-state index >= 15 is 0 Å². The molecule has 1 rings (SSSR count). The highest BCUT2D eigenvalue weighted by Crippen LogP contribution is 2.29. The predicted molar refractivity (Wildman–Crippen MR) is 54.3 cm³/mol. The summed E-state index contributed by atoms with van der Waals surface area (Å²) in [6, 6.07) is 0. The van der Waals surface area contributed by atoms with Crippen molar-refractivity contribution in [3.8, 4) is 0 Å². The van der Waals surface area contributed by atoms with Crippen molar-refractivity contribution in [1.82, 2.24) is 4.98 Å². The van der Waals surface area contributed by atoms with Gasteiger partial charge in [0.1, 0.15) is 0 Å². The number of rotatable bonds is 3. The van der Waals surface area contributed by atoms with E-state index in [1.54, 1.807) is 6.92 Å². The molecular weight excluding hydrogens is 218 g/mol. The largest absolute Gasteiger partial charge is 0.461 e. The topological polar surface area (TPSA) is 65.2 Å². The van der Waals surface area contributed by atoms with E-state index in [4.69, 9.17) is 10.5 Å². The first-order valence-electron chi connectivity index (χ1n) is 4.69. The lowest BCUT2D eigenvalue weighted by Crippen LogP contribution is -2.12. The molecule has 0 radical (unpaired) electrons. The van der Waals surface area contributed by atoms with Crippen LogP contribution in [-0.2, 0) is 4.74 Å². The molecule has 4 nitrogen and oxygen atoms in total. The Bertz CT molecular complexity index is 408. The van der Waals surface area contributed by atoms with E-state index in [0.29, 0.717) is 0 Å². The molecule has 0 saturated heterocycles. The molecule has 1 aromatic rings. The Morgan fingerprint density at radius 2 is 2.25 bits per heavy atom. The highest BCUT2D eigenvalue weighted by atomic mass is 19.3. The molecule has 88 valence electrons. The van der Waals surface area contributed by atoms with E-state index in [1.807, 2.05) is 0 Å². The fourth-order valence-corrected chi connectivity index (χ4v) is 1.34. The van der Waals surface area contributed by atoms with Crippen molar-refractivity contribution in [3.63, 3.8) is 0 Å². The molecule has 2 N–H and O–H groups in total. The smallest absolute Gasteiger partial charge is 0.357 e. The number of pyridine rings is 1. The fraction of sp³-hybridized carbons (Fsp3) is 0.400. The maximum atomic E-state index is 12.7. The first-order valence-corrected chi connectivity index (χ1v) is 4.69. The molecule has 0 fully saturated rings. The van der Waals surface area contributed by atoms with Gasteiger partial charge in [0.15, 0.2) is 5.69 Å². The van der Waals surface area contributed by atoms with Crippen LogP contribution in [0.2, 0.25) is 0 Å².